The van der Waals surface area contributed by atoms with Gasteiger partial charge in [0.1, 0.15) is 4.32 Å². The molecular weight excluding hydrogens is 274 g/mol. The lowest BCUT2D eigenvalue weighted by molar-refractivity contribution is -0.188. The Labute approximate surface area is 104 Å². The number of allylic oxidation sites excluding steroid dienone is 1. The van der Waals surface area contributed by atoms with Crippen molar-refractivity contribution in [2.75, 3.05) is 0 Å². The Morgan fingerprint density at radius 2 is 1.94 bits per heavy atom. The summed E-state index contributed by atoms with van der Waals surface area (Å²) >= 11 is 3.15. The number of hydrogen-bond donors (Lipinski definition) is 0. The fourth-order valence-corrected chi connectivity index (χ4v) is 1.01. The molecule has 0 aromatic carbocycles. The van der Waals surface area contributed by atoms with Gasteiger partial charge in [-0.3, -0.25) is 4.79 Å². The van der Waals surface area contributed by atoms with Crippen LogP contribution >= 0.6 is 15.9 Å². The average Bonchev–Trinajstić information content (AvgIpc) is 2.51. The van der Waals surface area contributed by atoms with E-state index in [-0.39, 0.29) is 5.91 Å². The number of hydroxylamine groups is 2. The molecule has 0 atom stereocenters. The predicted molar refractivity (Wildman–Crippen MR) is 65.6 cm³/mol. The summed E-state index contributed by atoms with van der Waals surface area (Å²) in [5.41, 5.74) is 0.528. The van der Waals surface area contributed by atoms with Gasteiger partial charge in [-0.2, -0.15) is 0 Å². The maximum atomic E-state index is 11.4. The predicted octanol–water partition coefficient (Wildman–Crippen LogP) is 2.56. The number of rotatable bonds is 2. The van der Waals surface area contributed by atoms with Crippen molar-refractivity contribution in [3.05, 3.63) is 25.4 Å². The standard InChI is InChI=1S/C9H12BrNO3.C2H4/c1-6-4-5-7(12)11(6)14-8(13)9(2,3)10;1-2/h1,4-5H2,2-3H3;1-2H2. The minimum atomic E-state index is -0.795. The van der Waals surface area contributed by atoms with Crippen LogP contribution in [0.1, 0.15) is 26.7 Å². The summed E-state index contributed by atoms with van der Waals surface area (Å²) in [6.45, 7) is 12.9. The molecule has 90 valence electrons. The molecule has 1 amide bonds. The fourth-order valence-electron chi connectivity index (χ4n) is 0.938. The Bertz CT molecular complexity index is 291. The zero-order valence-electron chi connectivity index (χ0n) is 9.59. The van der Waals surface area contributed by atoms with Gasteiger partial charge in [-0.1, -0.05) is 22.5 Å². The van der Waals surface area contributed by atoms with Gasteiger partial charge >= 0.3 is 5.97 Å². The van der Waals surface area contributed by atoms with Gasteiger partial charge in [0.15, 0.2) is 0 Å². The summed E-state index contributed by atoms with van der Waals surface area (Å²) < 4.78 is -0.795. The Kier molecular flexibility index (Phi) is 5.44. The van der Waals surface area contributed by atoms with Crippen molar-refractivity contribution in [3.63, 3.8) is 0 Å². The molecule has 0 saturated carbocycles. The number of carbonyl (C=O) groups excluding carboxylic acids is 2. The third kappa shape index (κ3) is 3.81. The number of amides is 1. The molecule has 0 bridgehead atoms. The highest BCUT2D eigenvalue weighted by Crippen LogP contribution is 2.24. The summed E-state index contributed by atoms with van der Waals surface area (Å²) in [6, 6.07) is 0. The van der Waals surface area contributed by atoms with E-state index in [1.807, 2.05) is 0 Å². The summed E-state index contributed by atoms with van der Waals surface area (Å²) in [5, 5.41) is 0.978. The van der Waals surface area contributed by atoms with E-state index in [9.17, 15) is 9.59 Å². The van der Waals surface area contributed by atoms with E-state index >= 15 is 0 Å². The maximum Gasteiger partial charge on any atom is 0.349 e. The van der Waals surface area contributed by atoms with Crippen molar-refractivity contribution in [3.8, 4) is 0 Å². The molecule has 0 unspecified atom stereocenters. The zero-order chi connectivity index (χ0) is 12.9. The first-order valence-electron chi connectivity index (χ1n) is 4.74. The van der Waals surface area contributed by atoms with Crippen LogP contribution in [0.2, 0.25) is 0 Å². The van der Waals surface area contributed by atoms with Gasteiger partial charge in [-0.25, -0.2) is 4.79 Å². The van der Waals surface area contributed by atoms with E-state index in [1.165, 1.54) is 0 Å². The second-order valence-electron chi connectivity index (χ2n) is 3.61. The first-order chi connectivity index (χ1) is 7.32. The molecule has 1 saturated heterocycles. The van der Waals surface area contributed by atoms with E-state index in [2.05, 4.69) is 35.7 Å². The van der Waals surface area contributed by atoms with E-state index < -0.39 is 10.3 Å². The van der Waals surface area contributed by atoms with E-state index in [4.69, 9.17) is 4.84 Å². The van der Waals surface area contributed by atoms with Crippen LogP contribution in [0.25, 0.3) is 0 Å². The molecule has 16 heavy (non-hydrogen) atoms. The normalized spacial score (nSPS) is 15.6. The molecule has 0 N–H and O–H groups in total. The highest BCUT2D eigenvalue weighted by atomic mass is 79.9. The third-order valence-corrected chi connectivity index (χ3v) is 2.12. The Balaban J connectivity index is 0.00000106. The summed E-state index contributed by atoms with van der Waals surface area (Å²) in [6.07, 6.45) is 0.906. The molecule has 1 fully saturated rings. The van der Waals surface area contributed by atoms with Crippen LogP contribution in [0, 0.1) is 0 Å². The first kappa shape index (κ1) is 14.9. The molecule has 1 heterocycles. The molecule has 0 aromatic rings. The molecule has 1 aliphatic heterocycles. The summed E-state index contributed by atoms with van der Waals surface area (Å²) in [7, 11) is 0. The molecule has 4 nitrogen and oxygen atoms in total. The molecular formula is C11H16BrNO3. The van der Waals surface area contributed by atoms with Gasteiger partial charge in [0.05, 0.1) is 5.70 Å². The van der Waals surface area contributed by atoms with E-state index in [0.29, 0.717) is 18.5 Å². The van der Waals surface area contributed by atoms with Gasteiger partial charge in [0.25, 0.3) is 5.91 Å². The van der Waals surface area contributed by atoms with Gasteiger partial charge < -0.3 is 4.84 Å². The number of halogens is 1. The quantitative estimate of drug-likeness (QED) is 0.580. The molecule has 1 aliphatic rings. The van der Waals surface area contributed by atoms with Gasteiger partial charge in [-0.15, -0.1) is 18.2 Å². The Morgan fingerprint density at radius 1 is 1.44 bits per heavy atom. The SMILES string of the molecule is C=C.C=C1CCC(=O)N1OC(=O)C(C)(C)Br. The first-order valence-corrected chi connectivity index (χ1v) is 5.53. The van der Waals surface area contributed by atoms with Crippen LogP contribution in [0.4, 0.5) is 0 Å². The summed E-state index contributed by atoms with van der Waals surface area (Å²) in [4.78, 5) is 27.5. The monoisotopic (exact) mass is 289 g/mol. The lowest BCUT2D eigenvalue weighted by atomic mass is 10.2. The van der Waals surface area contributed by atoms with Crippen LogP contribution in [-0.2, 0) is 14.4 Å². The van der Waals surface area contributed by atoms with Crippen molar-refractivity contribution in [2.24, 2.45) is 0 Å². The minimum Gasteiger partial charge on any atom is -0.332 e. The topological polar surface area (TPSA) is 46.6 Å². The van der Waals surface area contributed by atoms with Crippen LogP contribution in [-0.4, -0.2) is 21.3 Å². The van der Waals surface area contributed by atoms with E-state index in [0.717, 1.165) is 5.06 Å². The lowest BCUT2D eigenvalue weighted by Crippen LogP contribution is -2.35. The number of alkyl halides is 1. The fraction of sp³-hybridized carbons (Fsp3) is 0.455. The van der Waals surface area contributed by atoms with Crippen LogP contribution < -0.4 is 0 Å². The molecule has 0 spiro atoms. The van der Waals surface area contributed by atoms with Crippen LogP contribution in [0.5, 0.6) is 0 Å². The molecule has 5 heteroatoms. The van der Waals surface area contributed by atoms with E-state index in [1.54, 1.807) is 13.8 Å². The van der Waals surface area contributed by atoms with Gasteiger partial charge in [0.2, 0.25) is 0 Å². The lowest BCUT2D eigenvalue weighted by Gasteiger charge is -2.20. The molecule has 0 aromatic heterocycles. The maximum absolute atomic E-state index is 11.4. The van der Waals surface area contributed by atoms with Crippen LogP contribution in [0.15, 0.2) is 25.4 Å². The van der Waals surface area contributed by atoms with Crippen molar-refractivity contribution < 1.29 is 14.4 Å². The Morgan fingerprint density at radius 3 is 2.25 bits per heavy atom. The van der Waals surface area contributed by atoms with Gasteiger partial charge in [-0.05, 0) is 20.3 Å². The molecule has 1 rings (SSSR count). The second kappa shape index (κ2) is 5.84. The number of nitrogens with zero attached hydrogens (tertiary/aromatic N) is 1. The van der Waals surface area contributed by atoms with Crippen molar-refractivity contribution in [2.45, 2.75) is 31.0 Å². The second-order valence-corrected chi connectivity index (χ2v) is 5.59. The van der Waals surface area contributed by atoms with Crippen LogP contribution in [0.3, 0.4) is 0 Å². The largest absolute Gasteiger partial charge is 0.349 e. The Hall–Kier alpha value is -1.10. The number of carbonyl (C=O) groups is 2. The van der Waals surface area contributed by atoms with Crippen molar-refractivity contribution in [1.82, 2.24) is 5.06 Å². The van der Waals surface area contributed by atoms with Crippen molar-refractivity contribution >= 4 is 27.8 Å². The zero-order valence-corrected chi connectivity index (χ0v) is 11.2. The highest BCUT2D eigenvalue weighted by molar-refractivity contribution is 9.10. The average molecular weight is 290 g/mol. The minimum absolute atomic E-state index is 0.222. The molecule has 0 radical (unpaired) electrons. The summed E-state index contributed by atoms with van der Waals surface area (Å²) in [5.74, 6) is -0.728. The third-order valence-electron chi connectivity index (χ3n) is 1.80. The van der Waals surface area contributed by atoms with Gasteiger partial charge in [0, 0.05) is 6.42 Å². The number of hydrogen-bond acceptors (Lipinski definition) is 3. The molecule has 0 aliphatic carbocycles. The highest BCUT2D eigenvalue weighted by Gasteiger charge is 2.33. The smallest absolute Gasteiger partial charge is 0.332 e. The van der Waals surface area contributed by atoms with Crippen molar-refractivity contribution in [1.29, 1.82) is 0 Å².